The summed E-state index contributed by atoms with van der Waals surface area (Å²) in [6.07, 6.45) is 12.3. The van der Waals surface area contributed by atoms with E-state index in [4.69, 9.17) is 8.83 Å². The molecule has 0 radical (unpaired) electrons. The molecule has 2 fully saturated rings. The van der Waals surface area contributed by atoms with Gasteiger partial charge in [0.25, 0.3) is 0 Å². The van der Waals surface area contributed by atoms with E-state index >= 15 is 0 Å². The molecule has 0 saturated heterocycles. The average Bonchev–Trinajstić information content (AvgIpc) is 1.50. The molecule has 6 heteroatoms. The number of anilines is 12. The first kappa shape index (κ1) is 76.1. The molecule has 4 heterocycles. The van der Waals surface area contributed by atoms with Crippen molar-refractivity contribution in [2.24, 2.45) is 0 Å². The van der Waals surface area contributed by atoms with Gasteiger partial charge < -0.3 is 28.4 Å². The highest BCUT2D eigenvalue weighted by atomic mass is 16.3. The first-order valence-corrected chi connectivity index (χ1v) is 47.9. The Morgan fingerprint density at radius 2 is 0.609 bits per heavy atom. The summed E-state index contributed by atoms with van der Waals surface area (Å²) < 4.78 is 15.2. The number of aryl methyl sites for hydroxylation is 1. The fourth-order valence-electron chi connectivity index (χ4n) is 25.6. The Labute approximate surface area is 773 Å². The minimum absolute atomic E-state index is 0.449. The highest BCUT2D eigenvalue weighted by Gasteiger charge is 2.56. The van der Waals surface area contributed by atoms with Crippen LogP contribution in [0.1, 0.15) is 137 Å². The zero-order chi connectivity index (χ0) is 87.3. The molecule has 22 aromatic rings. The van der Waals surface area contributed by atoms with Gasteiger partial charge in [-0.15, -0.1) is 0 Å². The number of fused-ring (bicyclic) bond motifs is 32. The molecule has 0 unspecified atom stereocenters. The lowest BCUT2D eigenvalue weighted by Gasteiger charge is -2.45. The summed E-state index contributed by atoms with van der Waals surface area (Å²) in [6.45, 7) is 2.19. The van der Waals surface area contributed by atoms with Crippen LogP contribution in [0.15, 0.2) is 415 Å². The number of nitrogens with zero attached hydrogens (tertiary/aromatic N) is 4. The van der Waals surface area contributed by atoms with Crippen LogP contribution in [0.4, 0.5) is 68.2 Å². The molecule has 133 heavy (non-hydrogen) atoms. The van der Waals surface area contributed by atoms with E-state index in [2.05, 4.69) is 433 Å². The molecule has 2 aliphatic heterocycles. The van der Waals surface area contributed by atoms with Crippen molar-refractivity contribution in [1.82, 2.24) is 0 Å². The van der Waals surface area contributed by atoms with E-state index in [9.17, 15) is 0 Å². The van der Waals surface area contributed by atoms with Gasteiger partial charge in [0, 0.05) is 55.1 Å². The molecule has 0 amide bonds. The third-order valence-electron chi connectivity index (χ3n) is 31.2. The lowest BCUT2D eigenvalue weighted by atomic mass is 9.64. The molecule has 0 bridgehead atoms. The van der Waals surface area contributed by atoms with E-state index in [0.717, 1.165) is 123 Å². The van der Waals surface area contributed by atoms with Gasteiger partial charge in [-0.2, -0.15) is 0 Å². The van der Waals surface area contributed by atoms with Crippen molar-refractivity contribution in [1.29, 1.82) is 0 Å². The SMILES string of the molecule is Cc1ccc(N(c2cc3c(c4ccccc24)-c2c(ccc4ccccc24)C32c3ccccc3N(c3ccc(-c4ccc5c(N(c6ccccc6)c6cccc7c6oc6c(C8CCCCC8)cccc67)cc6c(c5c4)-c4c(ccc5ccccc45)C64c5ccccc5N(c5ccccc5)c5ccccc54)cc3)c3ccccc32)c2cccc3c2oc2c(C4CCCCC4)cccc23)cc1. The molecular formula is C127H92N4O2. The lowest BCUT2D eigenvalue weighted by Crippen LogP contribution is -2.36. The lowest BCUT2D eigenvalue weighted by molar-refractivity contribution is 0.442. The van der Waals surface area contributed by atoms with Crippen molar-refractivity contribution in [2.75, 3.05) is 19.6 Å². The highest BCUT2D eigenvalue weighted by molar-refractivity contribution is 6.22. The summed E-state index contributed by atoms with van der Waals surface area (Å²) in [5.74, 6) is 0.916. The summed E-state index contributed by atoms with van der Waals surface area (Å²) >= 11 is 0. The first-order valence-electron chi connectivity index (χ1n) is 47.9. The van der Waals surface area contributed by atoms with E-state index < -0.39 is 10.8 Å². The number of furan rings is 2. The first-order chi connectivity index (χ1) is 65.9. The van der Waals surface area contributed by atoms with Gasteiger partial charge in [0.1, 0.15) is 11.2 Å². The van der Waals surface area contributed by atoms with Crippen molar-refractivity contribution < 1.29 is 8.83 Å². The van der Waals surface area contributed by atoms with Crippen molar-refractivity contribution in [2.45, 2.75) is 93.8 Å². The number of hydrogen-bond donors (Lipinski definition) is 0. The van der Waals surface area contributed by atoms with Crippen LogP contribution in [0.3, 0.4) is 0 Å². The van der Waals surface area contributed by atoms with Gasteiger partial charge in [-0.05, 0) is 269 Å². The minimum atomic E-state index is -0.825. The van der Waals surface area contributed by atoms with Crippen LogP contribution in [-0.2, 0) is 10.8 Å². The summed E-state index contributed by atoms with van der Waals surface area (Å²) in [5.41, 5.74) is 36.2. The predicted octanol–water partition coefficient (Wildman–Crippen LogP) is 35.4. The van der Waals surface area contributed by atoms with Gasteiger partial charge >= 0.3 is 0 Å². The maximum atomic E-state index is 7.62. The van der Waals surface area contributed by atoms with Crippen molar-refractivity contribution in [3.63, 3.8) is 0 Å². The van der Waals surface area contributed by atoms with E-state index in [0.29, 0.717) is 11.8 Å². The molecule has 0 atom stereocenters. The Balaban J connectivity index is 0.657. The third-order valence-corrected chi connectivity index (χ3v) is 31.2. The summed E-state index contributed by atoms with van der Waals surface area (Å²) in [4.78, 5) is 10.1. The van der Waals surface area contributed by atoms with E-state index in [1.165, 1.54) is 191 Å². The average molecular weight is 1710 g/mol. The quantitative estimate of drug-likeness (QED) is 0.129. The van der Waals surface area contributed by atoms with Crippen molar-refractivity contribution in [3.05, 3.63) is 468 Å². The predicted molar refractivity (Wildman–Crippen MR) is 553 cm³/mol. The van der Waals surface area contributed by atoms with Crippen molar-refractivity contribution >= 4 is 155 Å². The van der Waals surface area contributed by atoms with E-state index in [-0.39, 0.29) is 0 Å². The Kier molecular flexibility index (Phi) is 17.0. The number of benzene rings is 20. The summed E-state index contributed by atoms with van der Waals surface area (Å²) in [7, 11) is 0. The molecule has 20 aromatic carbocycles. The zero-order valence-electron chi connectivity index (χ0n) is 74.0. The van der Waals surface area contributed by atoms with Crippen LogP contribution in [0, 0.1) is 6.92 Å². The van der Waals surface area contributed by atoms with Crippen LogP contribution in [0.2, 0.25) is 0 Å². The molecular weight excluding hydrogens is 1610 g/mol. The van der Waals surface area contributed by atoms with Crippen molar-refractivity contribution in [3.8, 4) is 33.4 Å². The Bertz CT molecular complexity index is 8490. The smallest absolute Gasteiger partial charge is 0.159 e. The molecule has 6 nitrogen and oxygen atoms in total. The maximum Gasteiger partial charge on any atom is 0.159 e. The topological polar surface area (TPSA) is 39.2 Å². The largest absolute Gasteiger partial charge is 0.454 e. The number of para-hydroxylation sites is 10. The van der Waals surface area contributed by atoms with E-state index in [1.54, 1.807) is 0 Å². The molecule has 632 valence electrons. The van der Waals surface area contributed by atoms with Gasteiger partial charge in [-0.25, -0.2) is 0 Å². The van der Waals surface area contributed by atoms with Gasteiger partial charge in [0.2, 0.25) is 0 Å². The number of rotatable bonds is 11. The van der Waals surface area contributed by atoms with E-state index in [1.807, 2.05) is 0 Å². The monoisotopic (exact) mass is 1700 g/mol. The molecule has 28 rings (SSSR count). The second-order valence-electron chi connectivity index (χ2n) is 38.0. The van der Waals surface area contributed by atoms with Crippen LogP contribution < -0.4 is 19.6 Å². The van der Waals surface area contributed by atoms with Gasteiger partial charge in [0.15, 0.2) is 11.2 Å². The van der Waals surface area contributed by atoms with Gasteiger partial charge in [-0.3, -0.25) is 0 Å². The second-order valence-corrected chi connectivity index (χ2v) is 38.0. The Morgan fingerprint density at radius 3 is 1.10 bits per heavy atom. The highest BCUT2D eigenvalue weighted by Crippen LogP contribution is 2.70. The molecule has 4 aliphatic carbocycles. The fourth-order valence-corrected chi connectivity index (χ4v) is 25.6. The maximum absolute atomic E-state index is 7.62. The van der Waals surface area contributed by atoms with Crippen LogP contribution in [0.5, 0.6) is 0 Å². The Hall–Kier alpha value is -15.8. The normalized spacial score (nSPS) is 15.1. The zero-order valence-corrected chi connectivity index (χ0v) is 74.0. The molecule has 2 saturated carbocycles. The third kappa shape index (κ3) is 10.9. The van der Waals surface area contributed by atoms with Gasteiger partial charge in [-0.1, -0.05) is 347 Å². The molecule has 2 spiro atoms. The molecule has 2 aromatic heterocycles. The Morgan fingerprint density at radius 1 is 0.241 bits per heavy atom. The van der Waals surface area contributed by atoms with Crippen LogP contribution in [0.25, 0.3) is 120 Å². The molecule has 0 N–H and O–H groups in total. The van der Waals surface area contributed by atoms with Crippen LogP contribution >= 0.6 is 0 Å². The van der Waals surface area contributed by atoms with Crippen LogP contribution in [-0.4, -0.2) is 0 Å². The fraction of sp³-hybridized carbons (Fsp3) is 0.118. The minimum Gasteiger partial charge on any atom is -0.454 e. The summed E-state index contributed by atoms with van der Waals surface area (Å²) in [5, 5.41) is 14.1. The van der Waals surface area contributed by atoms with Gasteiger partial charge in [0.05, 0.1) is 56.3 Å². The standard InChI is InChI=1S/C127H92N4O2/c1-79-62-69-88(70-63-79)131(115-61-31-51-100-98-49-29-47-93(123(98)133-125(100)115)82-34-8-3-9-35-82)116-77-108-120(96-45-19-18-44-94(96)116)118-90-42-16-14-36-83(90)67-74-106(118)126(108)104-54-22-26-58-112(104)129(113-59-27-23-55-105(113)126)89-71-64-80(65-72-89)85-66-73-95-101(76-85)121-109(78-117(95)130(87-40-12-5-13-41-87)114-60-30-50-99-97-48-28-46-92(122(97)132-124(99)114)81-32-6-2-7-33-81)127(107-75-68-84-37-15-17-43-91(84)119(107)121)102-52-20-24-56-110(102)128(86-38-10-4-11-39-86)111-57-25-21-53-103(111)127/h4-5,10-31,36-78,81-82H,2-3,6-9,32-35H2,1H3. The number of hydrogen-bond acceptors (Lipinski definition) is 6. The second kappa shape index (κ2) is 29.6. The molecule has 6 aliphatic rings. The summed E-state index contributed by atoms with van der Waals surface area (Å²) in [6, 6.07) is 155.